The summed E-state index contributed by atoms with van der Waals surface area (Å²) in [5.74, 6) is -0.923. The number of amides is 6. The maximum Gasteiger partial charge on any atom is 0.269 e. The SMILES string of the molecule is COc1cc(NC(=O)c2cccnc2)c(C(=O)CCCN2CCOCC2)c(OC)c1OC.O=C(Nc1ccccc1C(=O)CCCN1CCNCC1)c1ccc([N+](=O)[O-])cc1.O=C(Nc1ccccc1C(=O)CCCN1CCOCC1)c1ccc2ccccc2c1.O=C(Nc1ccccc1C(=O)CCCN1CCOCC1)c1cccnc1.O=C(Nc1ccccc1C(=O)NCCCN1CCOCC1)c1ccc2ccccc2c1. The number of rotatable bonds is 39. The largest absolute Gasteiger partial charge is 0.493 e. The third kappa shape index (κ3) is 33.7. The molecule has 148 heavy (non-hydrogen) atoms. The van der Waals surface area contributed by atoms with Gasteiger partial charge in [0.1, 0.15) is 0 Å². The number of nitro groups is 1. The number of methoxy groups -OCH3 is 3. The number of nitrogens with zero attached hydrogens (tertiary/aromatic N) is 8. The number of ketones is 4. The van der Waals surface area contributed by atoms with Crippen LogP contribution in [-0.4, -0.2) is 290 Å². The van der Waals surface area contributed by atoms with Gasteiger partial charge in [0.15, 0.2) is 34.6 Å². The number of non-ortho nitro benzene ring substituents is 1. The standard InChI is InChI=1S/C25H27N3O3.C25H26N2O3.C23H29N3O6.C21H24N4O4.C20H23N3O3/c29-24(21-11-10-19-6-1-2-7-20(19)18-21)27-23-9-4-3-8-22(23)25(30)26-12-5-13-28-14-16-31-17-15-28;28-24(10-5-13-27-14-16-30-17-15-27)22-8-3-4-9-23(22)26-25(29)21-12-11-19-6-1-2-7-20(19)18-21;1-29-19-14-17(25-23(28)16-6-4-8-24-15-16)20(22(31-3)21(19)30-2)18(27)7-5-9-26-10-12-32-13-11-26;26-20(6-3-13-24-14-11-22-12-15-24)18-4-1-2-5-19(18)23-21(27)16-7-9-17(10-8-16)25(28)29;24-19(8-4-10-23-11-13-26-14-12-23)17-6-1-2-7-18(17)22-20(25)16-5-3-9-21-15-16/h1-4,6-11,18H,5,12-17H2,(H,26,30)(H,27,29);1-4,6-9,11-12,18H,5,10,13-17H2,(H,26,29);4,6,8,14-15H,5,7,9-13H2,1-3H3,(H,25,28);1-2,4-5,7-10,22H,3,6,11-15H2,(H,23,27);1-3,5-7,9,15H,4,8,10-14H2,(H,22,25). The lowest BCUT2D eigenvalue weighted by atomic mass is 10.0. The third-order valence-electron chi connectivity index (χ3n) is 25.5. The van der Waals surface area contributed by atoms with E-state index in [-0.39, 0.29) is 69.3 Å². The van der Waals surface area contributed by atoms with Crippen molar-refractivity contribution in [3.63, 3.8) is 0 Å². The molecule has 7 N–H and O–H groups in total. The van der Waals surface area contributed by atoms with Gasteiger partial charge in [0, 0.05) is 187 Å². The summed E-state index contributed by atoms with van der Waals surface area (Å²) in [7, 11) is 4.41. The smallest absolute Gasteiger partial charge is 0.269 e. The number of carbonyl (C=O) groups excluding carboxylic acids is 10. The zero-order valence-corrected chi connectivity index (χ0v) is 83.9. The van der Waals surface area contributed by atoms with Crippen LogP contribution in [0.4, 0.5) is 34.1 Å². The summed E-state index contributed by atoms with van der Waals surface area (Å²) in [4.78, 5) is 157. The average Bonchev–Trinajstić information content (AvgIpc) is 0.779. The number of hydrogen-bond acceptors (Lipinski definition) is 27. The Balaban J connectivity index is 0.000000155. The number of hydrogen-bond donors (Lipinski definition) is 7. The lowest BCUT2D eigenvalue weighted by Gasteiger charge is -2.26. The number of morpholine rings is 4. The van der Waals surface area contributed by atoms with Crippen LogP contribution in [0.15, 0.2) is 261 Å². The van der Waals surface area contributed by atoms with Crippen LogP contribution in [0, 0.1) is 10.1 Å². The second-order valence-corrected chi connectivity index (χ2v) is 35.6. The molecule has 5 aliphatic heterocycles. The van der Waals surface area contributed by atoms with Gasteiger partial charge >= 0.3 is 0 Å². The number of carbonyl (C=O) groups is 10. The monoisotopic (exact) mass is 2010 g/mol. The van der Waals surface area contributed by atoms with Crippen molar-refractivity contribution in [2.75, 3.05) is 219 Å². The first-order chi connectivity index (χ1) is 72.3. The number of piperazine rings is 1. The Morgan fingerprint density at radius 3 is 1.04 bits per heavy atom. The number of nitrogens with one attached hydrogen (secondary N) is 7. The molecule has 34 nitrogen and oxygen atoms in total. The van der Waals surface area contributed by atoms with Crippen molar-refractivity contribution in [3.05, 3.63) is 327 Å². The Kier molecular flexibility index (Phi) is 43.8. The zero-order chi connectivity index (χ0) is 104. The van der Waals surface area contributed by atoms with E-state index in [4.69, 9.17) is 33.2 Å². The van der Waals surface area contributed by atoms with Crippen LogP contribution in [0.1, 0.15) is 161 Å². The van der Waals surface area contributed by atoms with Crippen LogP contribution < -0.4 is 51.4 Å². The number of Topliss-reactive ketones (excluding diaryl/α,β-unsaturated/α-hetero) is 4. The van der Waals surface area contributed by atoms with E-state index in [1.165, 1.54) is 58.0 Å². The van der Waals surface area contributed by atoms with E-state index in [9.17, 15) is 58.1 Å². The molecule has 7 heterocycles. The van der Waals surface area contributed by atoms with Crippen LogP contribution in [0.5, 0.6) is 17.2 Å². The molecule has 2 aromatic heterocycles. The van der Waals surface area contributed by atoms with Gasteiger partial charge in [0.05, 0.1) is 130 Å². The quantitative estimate of drug-likeness (QED) is 0.00814. The highest BCUT2D eigenvalue weighted by Gasteiger charge is 2.29. The molecule has 0 atom stereocenters. The van der Waals surface area contributed by atoms with Gasteiger partial charge in [-0.15, -0.1) is 0 Å². The summed E-state index contributed by atoms with van der Waals surface area (Å²) in [6.45, 7) is 22.2. The molecule has 0 bridgehead atoms. The molecule has 5 saturated heterocycles. The van der Waals surface area contributed by atoms with Crippen LogP contribution in [0.3, 0.4) is 0 Å². The van der Waals surface area contributed by atoms with Gasteiger partial charge in [-0.25, -0.2) is 0 Å². The van der Waals surface area contributed by atoms with Crippen molar-refractivity contribution in [2.24, 2.45) is 0 Å². The molecule has 0 unspecified atom stereocenters. The molecular formula is C114H129N15O19. The number of pyridine rings is 2. The van der Waals surface area contributed by atoms with Crippen molar-refractivity contribution < 1.29 is 86.0 Å². The first kappa shape index (κ1) is 110. The summed E-state index contributed by atoms with van der Waals surface area (Å²) in [6.07, 6.45) is 11.7. The Morgan fingerprint density at radius 2 is 0.662 bits per heavy atom. The van der Waals surface area contributed by atoms with Crippen molar-refractivity contribution in [1.29, 1.82) is 0 Å². The molecule has 12 aromatic rings. The number of para-hydroxylation sites is 4. The Bertz CT molecular complexity index is 6430. The highest BCUT2D eigenvalue weighted by Crippen LogP contribution is 2.45. The van der Waals surface area contributed by atoms with Crippen LogP contribution in [-0.2, 0) is 18.9 Å². The van der Waals surface area contributed by atoms with Gasteiger partial charge < -0.3 is 75.3 Å². The van der Waals surface area contributed by atoms with Gasteiger partial charge in [-0.1, -0.05) is 109 Å². The van der Waals surface area contributed by atoms with Crippen molar-refractivity contribution in [1.82, 2.24) is 45.1 Å². The molecule has 5 fully saturated rings. The molecule has 0 aliphatic carbocycles. The Hall–Kier alpha value is -15.1. The summed E-state index contributed by atoms with van der Waals surface area (Å²) < 4.78 is 37.8. The fourth-order valence-corrected chi connectivity index (χ4v) is 17.4. The van der Waals surface area contributed by atoms with E-state index in [1.54, 1.807) is 116 Å². The van der Waals surface area contributed by atoms with E-state index in [0.29, 0.717) is 136 Å². The number of anilines is 5. The van der Waals surface area contributed by atoms with E-state index >= 15 is 0 Å². The van der Waals surface area contributed by atoms with Gasteiger partial charge in [-0.3, -0.25) is 87.6 Å². The van der Waals surface area contributed by atoms with Crippen molar-refractivity contribution in [2.45, 2.75) is 57.8 Å². The maximum absolute atomic E-state index is 13.3. The number of benzene rings is 10. The normalized spacial score (nSPS) is 14.4. The van der Waals surface area contributed by atoms with Gasteiger partial charge in [-0.2, -0.15) is 0 Å². The second kappa shape index (κ2) is 58.9. The van der Waals surface area contributed by atoms with Gasteiger partial charge in [-0.05, 0) is 196 Å². The predicted molar refractivity (Wildman–Crippen MR) is 571 cm³/mol. The van der Waals surface area contributed by atoms with Gasteiger partial charge in [0.25, 0.3) is 41.1 Å². The van der Waals surface area contributed by atoms with Crippen molar-refractivity contribution in [3.8, 4) is 17.2 Å². The molecule has 34 heteroatoms. The molecule has 774 valence electrons. The predicted octanol–water partition coefficient (Wildman–Crippen LogP) is 15.9. The first-order valence-electron chi connectivity index (χ1n) is 50.1. The molecule has 0 radical (unpaired) electrons. The minimum Gasteiger partial charge on any atom is -0.493 e. The molecule has 5 aliphatic rings. The topological polar surface area (TPSA) is 405 Å². The Morgan fingerprint density at radius 1 is 0.331 bits per heavy atom. The van der Waals surface area contributed by atoms with Crippen molar-refractivity contribution >= 4 is 114 Å². The van der Waals surface area contributed by atoms with Crippen LogP contribution in [0.25, 0.3) is 21.5 Å². The average molecular weight is 2010 g/mol. The van der Waals surface area contributed by atoms with E-state index in [1.807, 2.05) is 109 Å². The Labute approximate surface area is 861 Å². The third-order valence-corrected chi connectivity index (χ3v) is 25.5. The lowest BCUT2D eigenvalue weighted by Crippen LogP contribution is -2.43. The molecule has 17 rings (SSSR count). The highest BCUT2D eigenvalue weighted by molar-refractivity contribution is 6.15. The molecule has 6 amide bonds. The minimum absolute atomic E-state index is 0.0141. The first-order valence-corrected chi connectivity index (χ1v) is 50.1. The fourth-order valence-electron chi connectivity index (χ4n) is 17.4. The second-order valence-electron chi connectivity index (χ2n) is 35.6. The molecule has 0 saturated carbocycles. The summed E-state index contributed by atoms with van der Waals surface area (Å²) >= 11 is 0. The van der Waals surface area contributed by atoms with E-state index in [0.717, 1.165) is 198 Å². The maximum atomic E-state index is 13.3. The zero-order valence-electron chi connectivity index (χ0n) is 83.9. The minimum atomic E-state index is -0.518. The number of aromatic nitrogens is 2. The van der Waals surface area contributed by atoms with Gasteiger partial charge in [0.2, 0.25) is 5.75 Å². The number of nitro benzene ring substituents is 1. The highest BCUT2D eigenvalue weighted by atomic mass is 16.6. The fraction of sp³-hybridized carbons (Fsp3) is 0.333. The molecular weight excluding hydrogens is 1880 g/mol. The lowest BCUT2D eigenvalue weighted by molar-refractivity contribution is -0.384. The number of fused-ring (bicyclic) bond motifs is 2. The van der Waals surface area contributed by atoms with Crippen LogP contribution in [0.2, 0.25) is 0 Å². The van der Waals surface area contributed by atoms with E-state index in [2.05, 4.69) is 71.7 Å². The molecule has 10 aromatic carbocycles. The summed E-state index contributed by atoms with van der Waals surface area (Å²) in [6, 6.07) is 69.0. The van der Waals surface area contributed by atoms with E-state index < -0.39 is 16.7 Å². The van der Waals surface area contributed by atoms with Crippen LogP contribution >= 0.6 is 0 Å². The molecule has 0 spiro atoms. The summed E-state index contributed by atoms with van der Waals surface area (Å²) in [5.41, 5.74) is 6.81. The number of ether oxygens (including phenoxy) is 7. The summed E-state index contributed by atoms with van der Waals surface area (Å²) in [5, 5.41) is 35.4.